The minimum Gasteiger partial charge on any atom is -0.340 e. The van der Waals surface area contributed by atoms with Crippen LogP contribution in [0, 0.1) is 5.82 Å². The predicted octanol–water partition coefficient (Wildman–Crippen LogP) is 4.07. The van der Waals surface area contributed by atoms with Crippen LogP contribution in [0.4, 0.5) is 4.39 Å². The van der Waals surface area contributed by atoms with E-state index in [4.69, 9.17) is 0 Å². The second-order valence-electron chi connectivity index (χ2n) is 7.85. The number of hydrogen-bond donors (Lipinski definition) is 0. The summed E-state index contributed by atoms with van der Waals surface area (Å²) < 4.78 is 18.3. The van der Waals surface area contributed by atoms with Crippen LogP contribution in [0.25, 0.3) is 16.9 Å². The van der Waals surface area contributed by atoms with E-state index in [1.165, 1.54) is 6.07 Å². The van der Waals surface area contributed by atoms with Gasteiger partial charge in [0.1, 0.15) is 17.2 Å². The molecular weight excluding hydrogens is 381 g/mol. The minimum absolute atomic E-state index is 0.0843. The molecule has 1 fully saturated rings. The molecule has 0 aliphatic heterocycles. The Labute approximate surface area is 173 Å². The first-order chi connectivity index (χ1) is 14.6. The highest BCUT2D eigenvalue weighted by molar-refractivity contribution is 5.92. The molecule has 7 heteroatoms. The van der Waals surface area contributed by atoms with Crippen LogP contribution in [-0.2, 0) is 13.6 Å². The topological polar surface area (TPSA) is 55.4 Å². The first kappa shape index (κ1) is 18.5. The molecule has 0 bridgehead atoms. The van der Waals surface area contributed by atoms with Gasteiger partial charge in [0.15, 0.2) is 0 Å². The number of benzene rings is 1. The number of fused-ring (bicyclic) bond motifs is 1. The van der Waals surface area contributed by atoms with Crippen molar-refractivity contribution < 1.29 is 9.18 Å². The van der Waals surface area contributed by atoms with Crippen molar-refractivity contribution in [2.45, 2.75) is 31.8 Å². The Hall–Kier alpha value is -3.48. The van der Waals surface area contributed by atoms with Gasteiger partial charge in [-0.15, -0.1) is 0 Å². The zero-order valence-corrected chi connectivity index (χ0v) is 16.7. The SMILES string of the molecule is Cn1cnc(C(=O)N(Cc2ccc(F)c(-c3cn4ccccc4n3)c2)C2CCC2)c1. The van der Waals surface area contributed by atoms with Crippen molar-refractivity contribution in [1.29, 1.82) is 0 Å². The Bertz CT molecular complexity index is 1190. The molecule has 0 spiro atoms. The maximum absolute atomic E-state index is 14.6. The quantitative estimate of drug-likeness (QED) is 0.505. The first-order valence-electron chi connectivity index (χ1n) is 10.1. The summed E-state index contributed by atoms with van der Waals surface area (Å²) >= 11 is 0. The summed E-state index contributed by atoms with van der Waals surface area (Å²) in [6.07, 6.45) is 10.2. The lowest BCUT2D eigenvalue weighted by Gasteiger charge is -2.37. The number of rotatable bonds is 5. The standard InChI is InChI=1S/C23H22FN5O/c1-27-13-21(25-15-27)23(30)29(17-5-4-6-17)12-16-8-9-19(24)18(11-16)20-14-28-10-3-2-7-22(28)26-20/h2-3,7-11,13-15,17H,4-6,12H2,1H3. The minimum atomic E-state index is -0.326. The summed E-state index contributed by atoms with van der Waals surface area (Å²) in [6, 6.07) is 10.9. The van der Waals surface area contributed by atoms with E-state index in [0.717, 1.165) is 30.5 Å². The largest absolute Gasteiger partial charge is 0.340 e. The van der Waals surface area contributed by atoms with E-state index < -0.39 is 0 Å². The Morgan fingerprint density at radius 1 is 1.23 bits per heavy atom. The predicted molar refractivity (Wildman–Crippen MR) is 111 cm³/mol. The van der Waals surface area contributed by atoms with Gasteiger partial charge in [0, 0.05) is 43.8 Å². The highest BCUT2D eigenvalue weighted by atomic mass is 19.1. The lowest BCUT2D eigenvalue weighted by atomic mass is 9.90. The normalized spacial score (nSPS) is 14.1. The molecule has 0 saturated heterocycles. The Kier molecular flexibility index (Phi) is 4.58. The number of nitrogens with zero attached hydrogens (tertiary/aromatic N) is 5. The second-order valence-corrected chi connectivity index (χ2v) is 7.85. The molecule has 152 valence electrons. The van der Waals surface area contributed by atoms with Crippen LogP contribution >= 0.6 is 0 Å². The van der Waals surface area contributed by atoms with Gasteiger partial charge in [0.2, 0.25) is 0 Å². The van der Waals surface area contributed by atoms with Crippen LogP contribution < -0.4 is 0 Å². The summed E-state index contributed by atoms with van der Waals surface area (Å²) in [7, 11) is 1.85. The molecule has 4 aromatic rings. The van der Waals surface area contributed by atoms with Gasteiger partial charge in [0.05, 0.1) is 12.0 Å². The van der Waals surface area contributed by atoms with Crippen molar-refractivity contribution in [3.05, 3.63) is 78.4 Å². The summed E-state index contributed by atoms with van der Waals surface area (Å²) in [6.45, 7) is 0.417. The Balaban J connectivity index is 1.47. The third-order valence-corrected chi connectivity index (χ3v) is 5.72. The van der Waals surface area contributed by atoms with E-state index in [-0.39, 0.29) is 17.8 Å². The van der Waals surface area contributed by atoms with Gasteiger partial charge < -0.3 is 13.9 Å². The van der Waals surface area contributed by atoms with Crippen LogP contribution in [-0.4, -0.2) is 35.8 Å². The van der Waals surface area contributed by atoms with Crippen LogP contribution in [0.3, 0.4) is 0 Å². The van der Waals surface area contributed by atoms with E-state index in [1.54, 1.807) is 29.2 Å². The van der Waals surface area contributed by atoms with Gasteiger partial charge >= 0.3 is 0 Å². The van der Waals surface area contributed by atoms with Crippen molar-refractivity contribution in [1.82, 2.24) is 23.8 Å². The van der Waals surface area contributed by atoms with Gasteiger partial charge in [-0.3, -0.25) is 4.79 Å². The number of carbonyl (C=O) groups excluding carboxylic acids is 1. The second kappa shape index (κ2) is 7.40. The number of aromatic nitrogens is 4. The number of pyridine rings is 1. The molecule has 3 aromatic heterocycles. The molecule has 0 atom stereocenters. The average molecular weight is 403 g/mol. The lowest BCUT2D eigenvalue weighted by molar-refractivity contribution is 0.0551. The maximum Gasteiger partial charge on any atom is 0.274 e. The zero-order chi connectivity index (χ0) is 20.7. The van der Waals surface area contributed by atoms with Gasteiger partial charge in [-0.05, 0) is 49.1 Å². The molecule has 1 aromatic carbocycles. The van der Waals surface area contributed by atoms with Crippen molar-refractivity contribution in [2.24, 2.45) is 7.05 Å². The van der Waals surface area contributed by atoms with E-state index in [2.05, 4.69) is 9.97 Å². The first-order valence-corrected chi connectivity index (χ1v) is 10.1. The molecule has 1 saturated carbocycles. The van der Waals surface area contributed by atoms with Crippen LogP contribution in [0.1, 0.15) is 35.3 Å². The van der Waals surface area contributed by atoms with Crippen molar-refractivity contribution in [3.8, 4) is 11.3 Å². The summed E-state index contributed by atoms with van der Waals surface area (Å²) in [4.78, 5) is 23.7. The van der Waals surface area contributed by atoms with Gasteiger partial charge in [-0.25, -0.2) is 14.4 Å². The maximum atomic E-state index is 14.6. The van der Waals surface area contributed by atoms with Crippen LogP contribution in [0.2, 0.25) is 0 Å². The molecule has 0 N–H and O–H groups in total. The molecular formula is C23H22FN5O. The summed E-state index contributed by atoms with van der Waals surface area (Å²) in [5.41, 5.74) is 3.09. The molecule has 1 amide bonds. The molecule has 1 aliphatic rings. The number of amides is 1. The fourth-order valence-corrected chi connectivity index (χ4v) is 3.86. The van der Waals surface area contributed by atoms with Crippen LogP contribution in [0.15, 0.2) is 61.3 Å². The van der Waals surface area contributed by atoms with Gasteiger partial charge in [0.25, 0.3) is 5.91 Å². The summed E-state index contributed by atoms with van der Waals surface area (Å²) in [5.74, 6) is -0.410. The molecule has 30 heavy (non-hydrogen) atoms. The van der Waals surface area contributed by atoms with E-state index in [9.17, 15) is 9.18 Å². The third-order valence-electron chi connectivity index (χ3n) is 5.72. The molecule has 0 radical (unpaired) electrons. The molecule has 5 rings (SSSR count). The monoisotopic (exact) mass is 403 g/mol. The average Bonchev–Trinajstić information content (AvgIpc) is 3.33. The molecule has 0 unspecified atom stereocenters. The Morgan fingerprint density at radius 3 is 2.80 bits per heavy atom. The smallest absolute Gasteiger partial charge is 0.274 e. The highest BCUT2D eigenvalue weighted by Gasteiger charge is 2.30. The highest BCUT2D eigenvalue weighted by Crippen LogP contribution is 2.29. The number of carbonyl (C=O) groups is 1. The number of imidazole rings is 2. The third kappa shape index (κ3) is 3.36. The Morgan fingerprint density at radius 2 is 2.10 bits per heavy atom. The van der Waals surface area contributed by atoms with Gasteiger partial charge in [-0.1, -0.05) is 12.1 Å². The summed E-state index contributed by atoms with van der Waals surface area (Å²) in [5, 5.41) is 0. The van der Waals surface area contributed by atoms with Crippen molar-refractivity contribution in [2.75, 3.05) is 0 Å². The van der Waals surface area contributed by atoms with E-state index in [0.29, 0.717) is 23.5 Å². The fourth-order valence-electron chi connectivity index (χ4n) is 3.86. The van der Waals surface area contributed by atoms with E-state index in [1.807, 2.05) is 46.9 Å². The fraction of sp³-hybridized carbons (Fsp3) is 0.261. The zero-order valence-electron chi connectivity index (χ0n) is 16.7. The molecule has 6 nitrogen and oxygen atoms in total. The number of hydrogen-bond acceptors (Lipinski definition) is 3. The van der Waals surface area contributed by atoms with E-state index >= 15 is 0 Å². The van der Waals surface area contributed by atoms with Crippen molar-refractivity contribution >= 4 is 11.6 Å². The molecule has 3 heterocycles. The lowest BCUT2D eigenvalue weighted by Crippen LogP contribution is -2.43. The van der Waals surface area contributed by atoms with Crippen LogP contribution in [0.5, 0.6) is 0 Å². The van der Waals surface area contributed by atoms with Crippen molar-refractivity contribution in [3.63, 3.8) is 0 Å². The van der Waals surface area contributed by atoms with Gasteiger partial charge in [-0.2, -0.15) is 0 Å². The number of halogens is 1. The number of aryl methyl sites for hydroxylation is 1. The molecule has 1 aliphatic carbocycles.